The van der Waals surface area contributed by atoms with Crippen molar-refractivity contribution in [3.05, 3.63) is 11.6 Å². The quantitative estimate of drug-likeness (QED) is 0.383. The van der Waals surface area contributed by atoms with Gasteiger partial charge in [-0.25, -0.2) is 0 Å². The summed E-state index contributed by atoms with van der Waals surface area (Å²) >= 11 is 0. The summed E-state index contributed by atoms with van der Waals surface area (Å²) in [4.78, 5) is 25.3. The number of aliphatic hydroxyl groups is 2. The normalized spacial score (nSPS) is 53.7. The zero-order chi connectivity index (χ0) is 26.7. The molecule has 4 saturated carbocycles. The van der Waals surface area contributed by atoms with Gasteiger partial charge in [0, 0.05) is 0 Å². The molecular formula is C30H46O6. The molecule has 4 N–H and O–H groups in total. The van der Waals surface area contributed by atoms with Crippen LogP contribution in [0.15, 0.2) is 11.6 Å². The maximum Gasteiger partial charge on any atom is 0.312 e. The highest BCUT2D eigenvalue weighted by atomic mass is 16.4. The molecule has 0 heterocycles. The van der Waals surface area contributed by atoms with Crippen molar-refractivity contribution in [3.8, 4) is 0 Å². The lowest BCUT2D eigenvalue weighted by molar-refractivity contribution is -0.239. The fourth-order valence-electron chi connectivity index (χ4n) is 10.7. The molecule has 0 aromatic heterocycles. The number of carboxylic acids is 2. The lowest BCUT2D eigenvalue weighted by Gasteiger charge is -2.71. The lowest BCUT2D eigenvalue weighted by Crippen LogP contribution is -2.68. The van der Waals surface area contributed by atoms with Gasteiger partial charge in [-0.05, 0) is 104 Å². The van der Waals surface area contributed by atoms with Gasteiger partial charge in [0.05, 0.1) is 23.0 Å². The van der Waals surface area contributed by atoms with Gasteiger partial charge in [0.2, 0.25) is 0 Å². The summed E-state index contributed by atoms with van der Waals surface area (Å²) in [5.74, 6) is -1.71. The monoisotopic (exact) mass is 502 g/mol. The first-order valence-corrected chi connectivity index (χ1v) is 14.0. The largest absolute Gasteiger partial charge is 0.481 e. The minimum Gasteiger partial charge on any atom is -0.481 e. The molecule has 0 spiro atoms. The van der Waals surface area contributed by atoms with E-state index in [1.807, 2.05) is 0 Å². The molecule has 6 nitrogen and oxygen atoms in total. The highest BCUT2D eigenvalue weighted by Crippen LogP contribution is 2.75. The number of aliphatic carboxylic acids is 2. The highest BCUT2D eigenvalue weighted by Gasteiger charge is 2.71. The van der Waals surface area contributed by atoms with E-state index in [2.05, 4.69) is 40.7 Å². The van der Waals surface area contributed by atoms with Gasteiger partial charge in [0.25, 0.3) is 0 Å². The predicted octanol–water partition coefficient (Wildman–Crippen LogP) is 5.27. The molecule has 36 heavy (non-hydrogen) atoms. The van der Waals surface area contributed by atoms with Crippen molar-refractivity contribution in [2.75, 3.05) is 0 Å². The van der Waals surface area contributed by atoms with Crippen molar-refractivity contribution in [3.63, 3.8) is 0 Å². The maximum atomic E-state index is 12.8. The number of aliphatic hydroxyl groups excluding tert-OH is 2. The fourth-order valence-corrected chi connectivity index (χ4v) is 10.7. The Morgan fingerprint density at radius 2 is 1.47 bits per heavy atom. The number of hydrogen-bond donors (Lipinski definition) is 4. The number of carboxylic acid groups (broad SMARTS) is 2. The number of allylic oxidation sites excluding steroid dienone is 2. The first-order chi connectivity index (χ1) is 16.5. The van der Waals surface area contributed by atoms with Gasteiger partial charge in [0.1, 0.15) is 0 Å². The van der Waals surface area contributed by atoms with Crippen LogP contribution in [0.2, 0.25) is 0 Å². The zero-order valence-corrected chi connectivity index (χ0v) is 22.9. The Kier molecular flexibility index (Phi) is 5.53. The summed E-state index contributed by atoms with van der Waals surface area (Å²) in [5, 5.41) is 42.6. The molecule has 0 aromatic carbocycles. The molecule has 202 valence electrons. The van der Waals surface area contributed by atoms with Crippen molar-refractivity contribution in [1.29, 1.82) is 0 Å². The Morgan fingerprint density at radius 1 is 0.833 bits per heavy atom. The zero-order valence-electron chi connectivity index (χ0n) is 22.9. The van der Waals surface area contributed by atoms with Gasteiger partial charge in [-0.2, -0.15) is 0 Å². The molecule has 0 unspecified atom stereocenters. The van der Waals surface area contributed by atoms with Crippen LogP contribution >= 0.6 is 0 Å². The highest BCUT2D eigenvalue weighted by molar-refractivity contribution is 5.77. The summed E-state index contributed by atoms with van der Waals surface area (Å²) in [6.45, 7) is 13.0. The van der Waals surface area contributed by atoms with Gasteiger partial charge in [-0.1, -0.05) is 46.3 Å². The third kappa shape index (κ3) is 2.98. The molecule has 4 fully saturated rings. The van der Waals surface area contributed by atoms with E-state index in [-0.39, 0.29) is 34.0 Å². The average molecular weight is 503 g/mol. The van der Waals surface area contributed by atoms with Crippen molar-refractivity contribution in [1.82, 2.24) is 0 Å². The van der Waals surface area contributed by atoms with Crippen molar-refractivity contribution >= 4 is 11.9 Å². The van der Waals surface area contributed by atoms with Crippen molar-refractivity contribution < 1.29 is 30.0 Å². The second kappa shape index (κ2) is 7.59. The van der Waals surface area contributed by atoms with Crippen LogP contribution < -0.4 is 0 Å². The van der Waals surface area contributed by atoms with Crippen LogP contribution in [-0.2, 0) is 9.59 Å². The van der Waals surface area contributed by atoms with Crippen LogP contribution in [0.4, 0.5) is 0 Å². The van der Waals surface area contributed by atoms with Crippen LogP contribution in [-0.4, -0.2) is 44.6 Å². The number of hydrogen-bond acceptors (Lipinski definition) is 4. The second-order valence-electron chi connectivity index (χ2n) is 15.0. The van der Waals surface area contributed by atoms with Gasteiger partial charge >= 0.3 is 11.9 Å². The van der Waals surface area contributed by atoms with E-state index in [9.17, 15) is 30.0 Å². The first-order valence-electron chi connectivity index (χ1n) is 14.0. The van der Waals surface area contributed by atoms with Crippen LogP contribution in [0.25, 0.3) is 0 Å². The molecule has 0 aliphatic heterocycles. The van der Waals surface area contributed by atoms with Gasteiger partial charge in [-0.15, -0.1) is 0 Å². The third-order valence-electron chi connectivity index (χ3n) is 13.1. The predicted molar refractivity (Wildman–Crippen MR) is 136 cm³/mol. The van der Waals surface area contributed by atoms with E-state index in [0.717, 1.165) is 38.5 Å². The van der Waals surface area contributed by atoms with E-state index >= 15 is 0 Å². The molecule has 0 aromatic rings. The second-order valence-corrected chi connectivity index (χ2v) is 15.0. The van der Waals surface area contributed by atoms with Gasteiger partial charge in [-0.3, -0.25) is 9.59 Å². The van der Waals surface area contributed by atoms with Crippen LogP contribution in [0.1, 0.15) is 99.3 Å². The van der Waals surface area contributed by atoms with E-state index in [1.165, 1.54) is 5.57 Å². The maximum absolute atomic E-state index is 12.8. The lowest BCUT2D eigenvalue weighted by atomic mass is 9.33. The summed E-state index contributed by atoms with van der Waals surface area (Å²) < 4.78 is 0. The first kappa shape index (κ1) is 26.2. The third-order valence-corrected chi connectivity index (χ3v) is 13.1. The molecule has 5 aliphatic carbocycles. The van der Waals surface area contributed by atoms with E-state index in [1.54, 1.807) is 6.92 Å². The minimum absolute atomic E-state index is 0.0314. The molecule has 0 radical (unpaired) electrons. The molecule has 0 bridgehead atoms. The number of carbonyl (C=O) groups is 2. The molecular weight excluding hydrogens is 456 g/mol. The van der Waals surface area contributed by atoms with Crippen molar-refractivity contribution in [2.24, 2.45) is 50.2 Å². The van der Waals surface area contributed by atoms with Gasteiger partial charge < -0.3 is 20.4 Å². The fraction of sp³-hybridized carbons (Fsp3) is 0.867. The smallest absolute Gasteiger partial charge is 0.312 e. The summed E-state index contributed by atoms with van der Waals surface area (Å²) in [7, 11) is 0. The molecule has 0 amide bonds. The Bertz CT molecular complexity index is 1020. The van der Waals surface area contributed by atoms with Gasteiger partial charge in [0.15, 0.2) is 0 Å². The molecule has 5 rings (SSSR count). The Morgan fingerprint density at radius 3 is 2.08 bits per heavy atom. The Hall–Kier alpha value is -1.40. The topological polar surface area (TPSA) is 115 Å². The summed E-state index contributed by atoms with van der Waals surface area (Å²) in [6.07, 6.45) is 6.80. The summed E-state index contributed by atoms with van der Waals surface area (Å²) in [6, 6.07) is 0. The van der Waals surface area contributed by atoms with E-state index in [0.29, 0.717) is 19.3 Å². The van der Waals surface area contributed by atoms with Crippen LogP contribution in [0, 0.1) is 50.2 Å². The molecule has 6 heteroatoms. The number of rotatable bonds is 2. The van der Waals surface area contributed by atoms with E-state index < -0.39 is 40.4 Å². The summed E-state index contributed by atoms with van der Waals surface area (Å²) in [5.41, 5.74) is -1.36. The van der Waals surface area contributed by atoms with Crippen LogP contribution in [0.3, 0.4) is 0 Å². The number of fused-ring (bicyclic) bond motifs is 7. The van der Waals surface area contributed by atoms with Crippen LogP contribution in [0.5, 0.6) is 0 Å². The average Bonchev–Trinajstić information content (AvgIpc) is 2.77. The minimum atomic E-state index is -1.39. The Balaban J connectivity index is 1.62. The van der Waals surface area contributed by atoms with E-state index in [4.69, 9.17) is 0 Å². The van der Waals surface area contributed by atoms with Crippen molar-refractivity contribution in [2.45, 2.75) is 112 Å². The Labute approximate surface area is 215 Å². The molecule has 10 atom stereocenters. The molecule has 0 saturated heterocycles. The SMILES string of the molecule is CC1(C)CC[C@]2(C(=O)O)CC[C@]3(C)C(=CC[C@@H]4[C@]5(C)C[C@H](O)[C@H](O)[C@](C)(C(=O)O)[C@@H]5CC[C@]43C)[C@H]2C1. The molecule has 5 aliphatic rings. The standard InChI is InChI=1S/C30H46O6/c1-25(2)11-13-30(24(35)36)14-12-27(4)17(18(30)15-25)7-8-20-26(3)16-19(31)22(32)29(6,23(33)34)21(26)9-10-28(20,27)5/h7,18-22,31-32H,8-16H2,1-6H3,(H,33,34)(H,35,36)/t18-,19+,20-,21-,22+,26+,27-,28-,29-,30+/m1/s1.